The van der Waals surface area contributed by atoms with Crippen LogP contribution in [-0.2, 0) is 0 Å². The molecule has 0 N–H and O–H groups in total. The quantitative estimate of drug-likeness (QED) is 0.180. The molecule has 0 spiro atoms. The molecule has 0 aliphatic rings. The fraction of sp³-hybridized carbons (Fsp3) is 0. The molecule has 0 saturated carbocycles. The molecule has 0 bridgehead atoms. The molecule has 0 amide bonds. The highest BCUT2D eigenvalue weighted by Gasteiger charge is 2.21. The molecule has 0 fully saturated rings. The van der Waals surface area contributed by atoms with E-state index in [1.165, 1.54) is 21.5 Å². The molecule has 0 saturated heterocycles. The van der Waals surface area contributed by atoms with E-state index in [1.54, 1.807) is 0 Å². The van der Waals surface area contributed by atoms with Crippen LogP contribution in [0, 0.1) is 0 Å². The lowest BCUT2D eigenvalue weighted by atomic mass is 10.1. The van der Waals surface area contributed by atoms with Crippen LogP contribution >= 0.6 is 0 Å². The maximum Gasteiger partial charge on any atom is 0.227 e. The van der Waals surface area contributed by atoms with Gasteiger partial charge in [-0.3, -0.25) is 0 Å². The van der Waals surface area contributed by atoms with Gasteiger partial charge in [0.15, 0.2) is 0 Å². The minimum absolute atomic E-state index is 0.647. The maximum absolute atomic E-state index is 6.17. The Morgan fingerprint density at radius 1 is 0.328 bits per heavy atom. The summed E-state index contributed by atoms with van der Waals surface area (Å²) in [5.74, 6) is 0. The Hall–Kier alpha value is -7.96. The van der Waals surface area contributed by atoms with Crippen molar-refractivity contribution in [3.8, 4) is 33.9 Å². The summed E-state index contributed by atoms with van der Waals surface area (Å²) in [5.41, 5.74) is 13.5. The lowest BCUT2D eigenvalue weighted by molar-refractivity contribution is 0.654. The normalized spacial score (nSPS) is 12.1. The lowest BCUT2D eigenvalue weighted by Crippen LogP contribution is -1.96. The number of hydrogen-bond acceptors (Lipinski definition) is 4. The Morgan fingerprint density at radius 3 is 1.24 bits per heavy atom. The number of furan rings is 2. The smallest absolute Gasteiger partial charge is 0.227 e. The van der Waals surface area contributed by atoms with E-state index < -0.39 is 0 Å². The van der Waals surface area contributed by atoms with Crippen LogP contribution in [0.15, 0.2) is 191 Å². The Bertz CT molecular complexity index is 3570. The molecule has 0 unspecified atom stereocenters. The number of hydrogen-bond donors (Lipinski definition) is 0. The highest BCUT2D eigenvalue weighted by atomic mass is 16.3. The number of para-hydroxylation sites is 4. The van der Waals surface area contributed by atoms with Crippen molar-refractivity contribution in [3.63, 3.8) is 0 Å². The number of nitrogens with zero attached hydrogens (tertiary/aromatic N) is 4. The van der Waals surface area contributed by atoms with E-state index in [0.29, 0.717) is 11.4 Å². The van der Waals surface area contributed by atoms with Crippen molar-refractivity contribution in [2.75, 3.05) is 0 Å². The molecular formula is C52H30N4O2. The third kappa shape index (κ3) is 4.42. The van der Waals surface area contributed by atoms with Gasteiger partial charge < -0.3 is 18.0 Å². The Kier molecular flexibility index (Phi) is 6.35. The first kappa shape index (κ1) is 31.3. The van der Waals surface area contributed by atoms with Crippen LogP contribution in [0.3, 0.4) is 0 Å². The van der Waals surface area contributed by atoms with Crippen LogP contribution in [0.4, 0.5) is 0 Å². The second-order valence-corrected chi connectivity index (χ2v) is 15.0. The number of fused-ring (bicyclic) bond motifs is 13. The first-order valence-electron chi connectivity index (χ1n) is 19.5. The van der Waals surface area contributed by atoms with Gasteiger partial charge in [-0.25, -0.2) is 9.97 Å². The van der Waals surface area contributed by atoms with Crippen molar-refractivity contribution >= 4 is 87.7 Å². The van der Waals surface area contributed by atoms with E-state index >= 15 is 0 Å². The first-order chi connectivity index (χ1) is 28.7. The van der Waals surface area contributed by atoms with Crippen LogP contribution in [-0.4, -0.2) is 19.1 Å². The molecule has 7 aromatic carbocycles. The molecule has 13 rings (SSSR count). The molecular weight excluding hydrogens is 713 g/mol. The molecule has 6 aromatic heterocycles. The van der Waals surface area contributed by atoms with E-state index in [-0.39, 0.29) is 0 Å². The molecule has 6 nitrogen and oxygen atoms in total. The minimum Gasteiger partial charge on any atom is -0.438 e. The van der Waals surface area contributed by atoms with E-state index in [1.807, 2.05) is 36.4 Å². The number of pyridine rings is 2. The van der Waals surface area contributed by atoms with Gasteiger partial charge in [0.1, 0.15) is 11.2 Å². The summed E-state index contributed by atoms with van der Waals surface area (Å²) in [6.07, 6.45) is 0. The SMILES string of the molecule is c1cc(-c2ccc3c(n2)oc2ccccc23)cc(-n2c3ccccc3c3c4c5ccccc5n(-c5cccc(-c6ccc7c(n6)oc6ccccc67)c5)c4ccc32)c1. The minimum atomic E-state index is 0.647. The van der Waals surface area contributed by atoms with Gasteiger partial charge in [-0.15, -0.1) is 0 Å². The fourth-order valence-electron chi connectivity index (χ4n) is 9.22. The predicted octanol–water partition coefficient (Wildman–Crippen LogP) is 13.8. The number of aromatic nitrogens is 4. The summed E-state index contributed by atoms with van der Waals surface area (Å²) in [6.45, 7) is 0. The zero-order valence-corrected chi connectivity index (χ0v) is 30.9. The van der Waals surface area contributed by atoms with Crippen LogP contribution in [0.1, 0.15) is 0 Å². The van der Waals surface area contributed by atoms with Crippen molar-refractivity contribution in [1.29, 1.82) is 0 Å². The van der Waals surface area contributed by atoms with Crippen LogP contribution in [0.2, 0.25) is 0 Å². The second-order valence-electron chi connectivity index (χ2n) is 15.0. The zero-order valence-electron chi connectivity index (χ0n) is 30.9. The van der Waals surface area contributed by atoms with Crippen molar-refractivity contribution in [1.82, 2.24) is 19.1 Å². The molecule has 0 aliphatic carbocycles. The highest BCUT2D eigenvalue weighted by molar-refractivity contribution is 6.29. The third-order valence-electron chi connectivity index (χ3n) is 11.8. The zero-order chi connectivity index (χ0) is 37.9. The maximum atomic E-state index is 6.17. The van der Waals surface area contributed by atoms with Gasteiger partial charge in [-0.05, 0) is 84.9 Å². The lowest BCUT2D eigenvalue weighted by Gasteiger charge is -2.11. The van der Waals surface area contributed by atoms with Gasteiger partial charge in [0.05, 0.1) is 33.5 Å². The van der Waals surface area contributed by atoms with Crippen molar-refractivity contribution < 1.29 is 8.83 Å². The number of rotatable bonds is 4. The van der Waals surface area contributed by atoms with Crippen LogP contribution in [0.5, 0.6) is 0 Å². The standard InChI is InChI=1S/C52H30N4O2/c1-5-19-43-39(17-1)49-45(55(43)33-13-9-11-31(29-33)41-25-23-37-35-15-3-7-21-47(35)57-51(37)53-41)27-28-46-50(49)40-18-2-6-20-44(40)56(46)34-14-10-12-32(30-34)42-26-24-38-36-16-4-8-22-48(36)58-52(38)54-42/h1-30H. The summed E-state index contributed by atoms with van der Waals surface area (Å²) < 4.78 is 17.1. The van der Waals surface area contributed by atoms with Gasteiger partial charge in [0.2, 0.25) is 11.4 Å². The molecule has 270 valence electrons. The number of benzene rings is 7. The summed E-state index contributed by atoms with van der Waals surface area (Å²) in [4.78, 5) is 9.99. The van der Waals surface area contributed by atoms with Crippen molar-refractivity contribution in [2.45, 2.75) is 0 Å². The van der Waals surface area contributed by atoms with E-state index in [4.69, 9.17) is 18.8 Å². The average Bonchev–Trinajstić information content (AvgIpc) is 4.03. The van der Waals surface area contributed by atoms with Gasteiger partial charge >= 0.3 is 0 Å². The summed E-state index contributed by atoms with van der Waals surface area (Å²) in [7, 11) is 0. The molecule has 0 radical (unpaired) electrons. The summed E-state index contributed by atoms with van der Waals surface area (Å²) in [5, 5.41) is 9.06. The van der Waals surface area contributed by atoms with E-state index in [0.717, 1.165) is 88.7 Å². The Morgan fingerprint density at radius 2 is 0.759 bits per heavy atom. The Balaban J connectivity index is 0.993. The molecule has 0 atom stereocenters. The summed E-state index contributed by atoms with van der Waals surface area (Å²) in [6, 6.07) is 64.0. The first-order valence-corrected chi connectivity index (χ1v) is 19.5. The van der Waals surface area contributed by atoms with Gasteiger partial charge in [-0.2, -0.15) is 0 Å². The Labute approximate surface area is 330 Å². The molecule has 6 heteroatoms. The second kappa shape index (κ2) is 11.8. The van der Waals surface area contributed by atoms with Crippen LogP contribution in [0.25, 0.3) is 122 Å². The average molecular weight is 743 g/mol. The predicted molar refractivity (Wildman–Crippen MR) is 236 cm³/mol. The van der Waals surface area contributed by atoms with Crippen LogP contribution < -0.4 is 0 Å². The van der Waals surface area contributed by atoms with Crippen molar-refractivity contribution in [3.05, 3.63) is 182 Å². The van der Waals surface area contributed by atoms with Gasteiger partial charge in [0.25, 0.3) is 0 Å². The van der Waals surface area contributed by atoms with E-state index in [9.17, 15) is 0 Å². The molecule has 13 aromatic rings. The molecule has 0 aliphatic heterocycles. The molecule has 58 heavy (non-hydrogen) atoms. The highest BCUT2D eigenvalue weighted by Crippen LogP contribution is 2.43. The monoisotopic (exact) mass is 742 g/mol. The van der Waals surface area contributed by atoms with E-state index in [2.05, 4.69) is 155 Å². The molecule has 6 heterocycles. The summed E-state index contributed by atoms with van der Waals surface area (Å²) >= 11 is 0. The van der Waals surface area contributed by atoms with Crippen molar-refractivity contribution in [2.24, 2.45) is 0 Å². The van der Waals surface area contributed by atoms with Gasteiger partial charge in [0, 0.05) is 65.6 Å². The third-order valence-corrected chi connectivity index (χ3v) is 11.8. The van der Waals surface area contributed by atoms with Gasteiger partial charge in [-0.1, -0.05) is 97.1 Å². The largest absolute Gasteiger partial charge is 0.438 e. The fourth-order valence-corrected chi connectivity index (χ4v) is 9.22. The topological polar surface area (TPSA) is 61.9 Å².